The number of pyridine rings is 1. The molecule has 0 spiro atoms. The lowest BCUT2D eigenvalue weighted by Gasteiger charge is -2.09. The monoisotopic (exact) mass is 257 g/mol. The number of tetrazole rings is 1. The van der Waals surface area contributed by atoms with Crippen LogP contribution in [-0.2, 0) is 6.54 Å². The van der Waals surface area contributed by atoms with Crippen LogP contribution in [-0.4, -0.2) is 37.1 Å². The van der Waals surface area contributed by atoms with E-state index in [4.69, 9.17) is 4.74 Å². The van der Waals surface area contributed by atoms with Crippen LogP contribution >= 0.6 is 0 Å². The van der Waals surface area contributed by atoms with Crippen molar-refractivity contribution in [3.05, 3.63) is 36.3 Å². The number of aromatic nitrogens is 6. The quantitative estimate of drug-likeness (QED) is 0.729. The summed E-state index contributed by atoms with van der Waals surface area (Å²) in [5.41, 5.74) is 1.53. The maximum Gasteiger partial charge on any atom is 0.218 e. The van der Waals surface area contributed by atoms with Gasteiger partial charge in [0.1, 0.15) is 0 Å². The lowest BCUT2D eigenvalue weighted by Crippen LogP contribution is -2.07. The van der Waals surface area contributed by atoms with Gasteiger partial charge in [-0.05, 0) is 16.5 Å². The van der Waals surface area contributed by atoms with E-state index in [0.29, 0.717) is 23.9 Å². The number of hydrogen-bond acceptors (Lipinski definition) is 7. The zero-order valence-corrected chi connectivity index (χ0v) is 10.2. The molecule has 0 unspecified atom stereocenters. The molecule has 0 aliphatic rings. The molecule has 0 atom stereocenters. The summed E-state index contributed by atoms with van der Waals surface area (Å²) in [6, 6.07) is 3.79. The van der Waals surface area contributed by atoms with Gasteiger partial charge in [-0.2, -0.15) is 4.52 Å². The van der Waals surface area contributed by atoms with Crippen LogP contribution in [0.1, 0.15) is 5.56 Å². The van der Waals surface area contributed by atoms with Gasteiger partial charge >= 0.3 is 0 Å². The lowest BCUT2D eigenvalue weighted by molar-refractivity contribution is 0.393. The summed E-state index contributed by atoms with van der Waals surface area (Å²) in [5, 5.41) is 14.5. The van der Waals surface area contributed by atoms with E-state index >= 15 is 0 Å². The van der Waals surface area contributed by atoms with E-state index in [9.17, 15) is 0 Å². The molecule has 0 radical (unpaired) electrons. The molecule has 0 aliphatic heterocycles. The Morgan fingerprint density at radius 3 is 3.21 bits per heavy atom. The van der Waals surface area contributed by atoms with Gasteiger partial charge in [-0.15, -0.1) is 5.10 Å². The molecular formula is C11H11N7O. The van der Waals surface area contributed by atoms with Crippen LogP contribution < -0.4 is 10.1 Å². The SMILES string of the molecule is COc1ncccc1CNc1cncc2nnnn12. The molecule has 3 aromatic heterocycles. The van der Waals surface area contributed by atoms with Crippen molar-refractivity contribution in [1.29, 1.82) is 0 Å². The number of anilines is 1. The van der Waals surface area contributed by atoms with E-state index in [0.717, 1.165) is 5.56 Å². The molecule has 3 heterocycles. The first-order chi connectivity index (χ1) is 9.38. The van der Waals surface area contributed by atoms with Gasteiger partial charge in [0.25, 0.3) is 0 Å². The Labute approximate surface area is 108 Å². The number of hydrogen-bond donors (Lipinski definition) is 1. The number of methoxy groups -OCH3 is 1. The van der Waals surface area contributed by atoms with Crippen molar-refractivity contribution in [3.63, 3.8) is 0 Å². The molecule has 96 valence electrons. The molecule has 3 rings (SSSR count). The van der Waals surface area contributed by atoms with Crippen molar-refractivity contribution in [2.24, 2.45) is 0 Å². The average Bonchev–Trinajstić information content (AvgIpc) is 2.94. The molecule has 0 bridgehead atoms. The summed E-state index contributed by atoms with van der Waals surface area (Å²) in [7, 11) is 1.59. The second kappa shape index (κ2) is 4.84. The van der Waals surface area contributed by atoms with E-state index in [2.05, 4.69) is 30.8 Å². The lowest BCUT2D eigenvalue weighted by atomic mass is 10.2. The molecule has 0 amide bonds. The maximum atomic E-state index is 5.19. The second-order valence-electron chi connectivity index (χ2n) is 3.77. The molecular weight excluding hydrogens is 246 g/mol. The summed E-state index contributed by atoms with van der Waals surface area (Å²) in [4.78, 5) is 8.20. The van der Waals surface area contributed by atoms with Crippen molar-refractivity contribution in [3.8, 4) is 5.88 Å². The summed E-state index contributed by atoms with van der Waals surface area (Å²) in [5.74, 6) is 1.29. The highest BCUT2D eigenvalue weighted by atomic mass is 16.5. The Morgan fingerprint density at radius 2 is 2.32 bits per heavy atom. The first-order valence-electron chi connectivity index (χ1n) is 5.62. The first-order valence-corrected chi connectivity index (χ1v) is 5.62. The van der Waals surface area contributed by atoms with Gasteiger partial charge in [0.2, 0.25) is 5.88 Å². The Morgan fingerprint density at radius 1 is 1.37 bits per heavy atom. The Hall–Kier alpha value is -2.77. The van der Waals surface area contributed by atoms with Crippen LogP contribution in [0.2, 0.25) is 0 Å². The normalized spacial score (nSPS) is 10.6. The zero-order chi connectivity index (χ0) is 13.1. The molecule has 0 saturated heterocycles. The Balaban J connectivity index is 1.84. The van der Waals surface area contributed by atoms with Crippen LogP contribution in [0.3, 0.4) is 0 Å². The summed E-state index contributed by atoms with van der Waals surface area (Å²) >= 11 is 0. The van der Waals surface area contributed by atoms with Gasteiger partial charge in [0.15, 0.2) is 11.5 Å². The highest BCUT2D eigenvalue weighted by Gasteiger charge is 2.06. The van der Waals surface area contributed by atoms with Crippen LogP contribution in [0.5, 0.6) is 5.88 Å². The molecule has 1 N–H and O–H groups in total. The minimum absolute atomic E-state index is 0.539. The molecule has 0 aliphatic carbocycles. The predicted molar refractivity (Wildman–Crippen MR) is 66.7 cm³/mol. The summed E-state index contributed by atoms with van der Waals surface area (Å²) < 4.78 is 6.77. The number of nitrogens with one attached hydrogen (secondary N) is 1. The highest BCUT2D eigenvalue weighted by molar-refractivity contribution is 5.44. The van der Waals surface area contributed by atoms with Gasteiger partial charge in [-0.1, -0.05) is 6.07 Å². The number of ether oxygens (including phenoxy) is 1. The van der Waals surface area contributed by atoms with E-state index in [1.807, 2.05) is 12.1 Å². The van der Waals surface area contributed by atoms with Gasteiger partial charge < -0.3 is 10.1 Å². The number of nitrogens with zero attached hydrogens (tertiary/aromatic N) is 6. The smallest absolute Gasteiger partial charge is 0.218 e. The largest absolute Gasteiger partial charge is 0.481 e. The third kappa shape index (κ3) is 2.15. The minimum atomic E-state index is 0.539. The first kappa shape index (κ1) is 11.3. The summed E-state index contributed by atoms with van der Waals surface area (Å²) in [6.07, 6.45) is 4.94. The van der Waals surface area contributed by atoms with Crippen LogP contribution in [0.25, 0.3) is 5.65 Å². The molecule has 0 fully saturated rings. The standard InChI is InChI=1S/C11H11N7O/c1-19-11-8(3-2-4-13-11)5-14-9-6-12-7-10-15-16-17-18(9)10/h2-4,6-7,14H,5H2,1H3. The number of fused-ring (bicyclic) bond motifs is 1. The summed E-state index contributed by atoms with van der Waals surface area (Å²) in [6.45, 7) is 0.539. The third-order valence-corrected chi connectivity index (χ3v) is 2.61. The fraction of sp³-hybridized carbons (Fsp3) is 0.182. The van der Waals surface area contributed by atoms with Crippen molar-refractivity contribution in [2.75, 3.05) is 12.4 Å². The predicted octanol–water partition coefficient (Wildman–Crippen LogP) is 0.535. The second-order valence-corrected chi connectivity index (χ2v) is 3.77. The van der Waals surface area contributed by atoms with Gasteiger partial charge in [0.05, 0.1) is 19.5 Å². The van der Waals surface area contributed by atoms with Gasteiger partial charge in [-0.25, -0.2) is 4.98 Å². The molecule has 0 aromatic carbocycles. The average molecular weight is 257 g/mol. The van der Waals surface area contributed by atoms with E-state index in [1.54, 1.807) is 30.2 Å². The molecule has 0 saturated carbocycles. The van der Waals surface area contributed by atoms with Crippen LogP contribution in [0.15, 0.2) is 30.7 Å². The zero-order valence-electron chi connectivity index (χ0n) is 10.2. The van der Waals surface area contributed by atoms with Crippen molar-refractivity contribution in [2.45, 2.75) is 6.54 Å². The van der Waals surface area contributed by atoms with E-state index < -0.39 is 0 Å². The maximum absolute atomic E-state index is 5.19. The van der Waals surface area contributed by atoms with Crippen molar-refractivity contribution < 1.29 is 4.74 Å². The third-order valence-electron chi connectivity index (χ3n) is 2.61. The Bertz CT molecular complexity index is 696. The fourth-order valence-corrected chi connectivity index (χ4v) is 1.72. The van der Waals surface area contributed by atoms with E-state index in [-0.39, 0.29) is 0 Å². The molecule has 3 aromatic rings. The number of rotatable bonds is 4. The highest BCUT2D eigenvalue weighted by Crippen LogP contribution is 2.15. The molecule has 8 nitrogen and oxygen atoms in total. The van der Waals surface area contributed by atoms with Gasteiger partial charge in [-0.3, -0.25) is 4.98 Å². The van der Waals surface area contributed by atoms with Gasteiger partial charge in [0, 0.05) is 18.3 Å². The Kier molecular flexibility index (Phi) is 2.89. The topological polar surface area (TPSA) is 90.1 Å². The fourth-order valence-electron chi connectivity index (χ4n) is 1.72. The van der Waals surface area contributed by atoms with Crippen molar-refractivity contribution in [1.82, 2.24) is 30.0 Å². The van der Waals surface area contributed by atoms with Crippen LogP contribution in [0, 0.1) is 0 Å². The minimum Gasteiger partial charge on any atom is -0.481 e. The molecule has 19 heavy (non-hydrogen) atoms. The van der Waals surface area contributed by atoms with Crippen LogP contribution in [0.4, 0.5) is 5.82 Å². The van der Waals surface area contributed by atoms with E-state index in [1.165, 1.54) is 0 Å². The van der Waals surface area contributed by atoms with Crippen molar-refractivity contribution >= 4 is 11.5 Å². The molecule has 8 heteroatoms.